The van der Waals surface area contributed by atoms with Crippen LogP contribution in [0.15, 0.2) is 53.1 Å². The summed E-state index contributed by atoms with van der Waals surface area (Å²) in [5.41, 5.74) is 8.67. The van der Waals surface area contributed by atoms with Gasteiger partial charge in [-0.15, -0.1) is 0 Å². The Kier molecular flexibility index (Phi) is 3.88. The molecule has 0 amide bonds. The zero-order chi connectivity index (χ0) is 14.7. The summed E-state index contributed by atoms with van der Waals surface area (Å²) in [4.78, 5) is 4.39. The number of nitrogens with zero attached hydrogens (tertiary/aromatic N) is 2. The van der Waals surface area contributed by atoms with E-state index in [1.54, 1.807) is 12.1 Å². The van der Waals surface area contributed by atoms with Crippen LogP contribution < -0.4 is 5.73 Å². The van der Waals surface area contributed by atoms with Crippen LogP contribution in [0, 0.1) is 0 Å². The standard InChI is InChI=1S/C16H14ClN3O/c17-13-8-5-12(6-9-13)16-19-15(21-20-16)10-7-11-3-1-2-4-14(11)18/h1-6,8-9H,7,10,18H2. The van der Waals surface area contributed by atoms with E-state index in [1.165, 1.54) is 0 Å². The molecule has 2 N–H and O–H groups in total. The fraction of sp³-hybridized carbons (Fsp3) is 0.125. The summed E-state index contributed by atoms with van der Waals surface area (Å²) in [7, 11) is 0. The van der Waals surface area contributed by atoms with Crippen molar-refractivity contribution in [2.24, 2.45) is 0 Å². The van der Waals surface area contributed by atoms with Crippen LogP contribution in [0.25, 0.3) is 11.4 Å². The molecule has 0 fully saturated rings. The van der Waals surface area contributed by atoms with Crippen molar-refractivity contribution >= 4 is 17.3 Å². The number of nitrogens with two attached hydrogens (primary N) is 1. The SMILES string of the molecule is Nc1ccccc1CCc1nc(-c2ccc(Cl)cc2)no1. The smallest absolute Gasteiger partial charge is 0.227 e. The van der Waals surface area contributed by atoms with E-state index in [2.05, 4.69) is 10.1 Å². The van der Waals surface area contributed by atoms with Gasteiger partial charge in [-0.3, -0.25) is 0 Å². The number of halogens is 1. The van der Waals surface area contributed by atoms with Crippen molar-refractivity contribution in [2.45, 2.75) is 12.8 Å². The van der Waals surface area contributed by atoms with Crippen molar-refractivity contribution in [2.75, 3.05) is 5.73 Å². The summed E-state index contributed by atoms with van der Waals surface area (Å²) in [6.45, 7) is 0. The molecule has 0 atom stereocenters. The Hall–Kier alpha value is -2.33. The van der Waals surface area contributed by atoms with Crippen molar-refractivity contribution in [3.05, 3.63) is 65.0 Å². The zero-order valence-electron chi connectivity index (χ0n) is 11.3. The molecule has 5 heteroatoms. The molecule has 4 nitrogen and oxygen atoms in total. The number of para-hydroxylation sites is 1. The van der Waals surface area contributed by atoms with Gasteiger partial charge in [-0.1, -0.05) is 35.0 Å². The highest BCUT2D eigenvalue weighted by molar-refractivity contribution is 6.30. The average molecular weight is 300 g/mol. The molecule has 0 aliphatic rings. The Morgan fingerprint density at radius 3 is 2.52 bits per heavy atom. The fourth-order valence-electron chi connectivity index (χ4n) is 2.08. The lowest BCUT2D eigenvalue weighted by Gasteiger charge is -2.02. The number of aryl methyl sites for hydroxylation is 2. The molecule has 0 radical (unpaired) electrons. The normalized spacial score (nSPS) is 10.7. The molecule has 0 aliphatic carbocycles. The second kappa shape index (κ2) is 5.97. The molecular weight excluding hydrogens is 286 g/mol. The van der Waals surface area contributed by atoms with Crippen LogP contribution in [0.5, 0.6) is 0 Å². The molecule has 1 aromatic heterocycles. The van der Waals surface area contributed by atoms with Crippen molar-refractivity contribution in [1.29, 1.82) is 0 Å². The molecule has 1 heterocycles. The molecule has 2 aromatic carbocycles. The highest BCUT2D eigenvalue weighted by Gasteiger charge is 2.09. The molecule has 0 saturated heterocycles. The molecule has 0 saturated carbocycles. The quantitative estimate of drug-likeness (QED) is 0.745. The van der Waals surface area contributed by atoms with Gasteiger partial charge in [0.15, 0.2) is 0 Å². The first kappa shape index (κ1) is 13.6. The highest BCUT2D eigenvalue weighted by Crippen LogP contribution is 2.19. The molecule has 106 valence electrons. The summed E-state index contributed by atoms with van der Waals surface area (Å²) < 4.78 is 5.28. The number of rotatable bonds is 4. The first-order valence-electron chi connectivity index (χ1n) is 6.64. The Labute approximate surface area is 127 Å². The van der Waals surface area contributed by atoms with Crippen molar-refractivity contribution in [3.63, 3.8) is 0 Å². The zero-order valence-corrected chi connectivity index (χ0v) is 12.0. The second-order valence-corrected chi connectivity index (χ2v) is 5.15. The number of nitrogen functional groups attached to an aromatic ring is 1. The lowest BCUT2D eigenvalue weighted by atomic mass is 10.1. The minimum atomic E-state index is 0.572. The molecule has 3 rings (SSSR count). The van der Waals surface area contributed by atoms with Crippen LogP contribution in [0.3, 0.4) is 0 Å². The third kappa shape index (κ3) is 3.23. The number of hydrogen-bond acceptors (Lipinski definition) is 4. The fourth-order valence-corrected chi connectivity index (χ4v) is 2.20. The summed E-state index contributed by atoms with van der Waals surface area (Å²) in [5.74, 6) is 1.17. The molecule has 0 bridgehead atoms. The monoisotopic (exact) mass is 299 g/mol. The Balaban J connectivity index is 1.71. The second-order valence-electron chi connectivity index (χ2n) is 4.72. The van der Waals surface area contributed by atoms with Crippen molar-refractivity contribution in [1.82, 2.24) is 10.1 Å². The lowest BCUT2D eigenvalue weighted by Crippen LogP contribution is -1.97. The molecular formula is C16H14ClN3O. The van der Waals surface area contributed by atoms with Crippen LogP contribution >= 0.6 is 11.6 Å². The van der Waals surface area contributed by atoms with E-state index in [9.17, 15) is 0 Å². The van der Waals surface area contributed by atoms with E-state index < -0.39 is 0 Å². The van der Waals surface area contributed by atoms with E-state index >= 15 is 0 Å². The summed E-state index contributed by atoms with van der Waals surface area (Å²) >= 11 is 5.86. The molecule has 0 aliphatic heterocycles. The van der Waals surface area contributed by atoms with E-state index in [-0.39, 0.29) is 0 Å². The van der Waals surface area contributed by atoms with Gasteiger partial charge in [-0.25, -0.2) is 0 Å². The maximum absolute atomic E-state index is 5.92. The van der Waals surface area contributed by atoms with Crippen LogP contribution in [-0.2, 0) is 12.8 Å². The molecule has 21 heavy (non-hydrogen) atoms. The van der Waals surface area contributed by atoms with Gasteiger partial charge >= 0.3 is 0 Å². The predicted molar refractivity (Wildman–Crippen MR) is 83.0 cm³/mol. The highest BCUT2D eigenvalue weighted by atomic mass is 35.5. The minimum absolute atomic E-state index is 0.572. The van der Waals surface area contributed by atoms with Gasteiger partial charge < -0.3 is 10.3 Å². The Morgan fingerprint density at radius 2 is 1.76 bits per heavy atom. The third-order valence-electron chi connectivity index (χ3n) is 3.23. The van der Waals surface area contributed by atoms with Gasteiger partial charge in [0.2, 0.25) is 11.7 Å². The summed E-state index contributed by atoms with van der Waals surface area (Å²) in [5, 5.41) is 4.67. The average Bonchev–Trinajstić information content (AvgIpc) is 2.96. The Morgan fingerprint density at radius 1 is 1.00 bits per heavy atom. The van der Waals surface area contributed by atoms with Crippen molar-refractivity contribution in [3.8, 4) is 11.4 Å². The van der Waals surface area contributed by atoms with E-state index in [1.807, 2.05) is 36.4 Å². The van der Waals surface area contributed by atoms with E-state index in [0.717, 1.165) is 23.2 Å². The van der Waals surface area contributed by atoms with E-state index in [4.69, 9.17) is 21.9 Å². The van der Waals surface area contributed by atoms with Gasteiger partial charge in [-0.05, 0) is 42.3 Å². The number of anilines is 1. The van der Waals surface area contributed by atoms with E-state index in [0.29, 0.717) is 23.2 Å². The van der Waals surface area contributed by atoms with Gasteiger partial charge in [0.1, 0.15) is 0 Å². The van der Waals surface area contributed by atoms with Gasteiger partial charge in [0.05, 0.1) is 0 Å². The molecule has 3 aromatic rings. The first-order chi connectivity index (χ1) is 10.2. The third-order valence-corrected chi connectivity index (χ3v) is 3.49. The van der Waals surface area contributed by atoms with Crippen LogP contribution in [0.4, 0.5) is 5.69 Å². The van der Waals surface area contributed by atoms with Gasteiger partial charge in [-0.2, -0.15) is 4.98 Å². The molecule has 0 spiro atoms. The van der Waals surface area contributed by atoms with Crippen LogP contribution in [-0.4, -0.2) is 10.1 Å². The van der Waals surface area contributed by atoms with Crippen molar-refractivity contribution < 1.29 is 4.52 Å². The number of aromatic nitrogens is 2. The van der Waals surface area contributed by atoms with Crippen LogP contribution in [0.1, 0.15) is 11.5 Å². The number of hydrogen-bond donors (Lipinski definition) is 1. The largest absolute Gasteiger partial charge is 0.399 e. The maximum atomic E-state index is 5.92. The first-order valence-corrected chi connectivity index (χ1v) is 7.02. The van der Waals surface area contributed by atoms with Gasteiger partial charge in [0.25, 0.3) is 0 Å². The number of benzene rings is 2. The van der Waals surface area contributed by atoms with Gasteiger partial charge in [0, 0.05) is 22.7 Å². The summed E-state index contributed by atoms with van der Waals surface area (Å²) in [6.07, 6.45) is 1.43. The Bertz CT molecular complexity index is 737. The predicted octanol–water partition coefficient (Wildman–Crippen LogP) is 3.76. The summed E-state index contributed by atoms with van der Waals surface area (Å²) in [6, 6.07) is 15.1. The maximum Gasteiger partial charge on any atom is 0.227 e. The molecule has 0 unspecified atom stereocenters. The topological polar surface area (TPSA) is 64.9 Å². The minimum Gasteiger partial charge on any atom is -0.399 e. The van der Waals surface area contributed by atoms with Crippen LogP contribution in [0.2, 0.25) is 5.02 Å². The lowest BCUT2D eigenvalue weighted by molar-refractivity contribution is 0.379.